The molecule has 1 fully saturated rings. The molecular formula is C34H35Cl3FN3O4. The number of rotatable bonds is 11. The van der Waals surface area contributed by atoms with Crippen molar-refractivity contribution in [1.82, 2.24) is 10.2 Å². The molecule has 1 aliphatic carbocycles. The van der Waals surface area contributed by atoms with Gasteiger partial charge in [-0.2, -0.15) is 0 Å². The Morgan fingerprint density at radius 2 is 1.78 bits per heavy atom. The van der Waals surface area contributed by atoms with Crippen LogP contribution in [0.3, 0.4) is 0 Å². The number of carbonyl (C=O) groups excluding carboxylic acids is 2. The highest BCUT2D eigenvalue weighted by molar-refractivity contribution is 6.76. The molecule has 1 atom stereocenters. The minimum Gasteiger partial charge on any atom is -0.492 e. The van der Waals surface area contributed by atoms with Gasteiger partial charge in [0, 0.05) is 43.5 Å². The summed E-state index contributed by atoms with van der Waals surface area (Å²) in [4.78, 5) is 30.6. The molecule has 3 aromatic rings. The highest BCUT2D eigenvalue weighted by Gasteiger charge is 2.43. The van der Waals surface area contributed by atoms with Crippen LogP contribution in [-0.2, 0) is 16.0 Å². The first-order valence-corrected chi connectivity index (χ1v) is 15.9. The Hall–Kier alpha value is -3.14. The van der Waals surface area contributed by atoms with Gasteiger partial charge in [0.25, 0.3) is 15.6 Å². The predicted octanol–water partition coefficient (Wildman–Crippen LogP) is 6.29. The van der Waals surface area contributed by atoms with E-state index in [0.717, 1.165) is 30.8 Å². The summed E-state index contributed by atoms with van der Waals surface area (Å²) in [6.45, 7) is 6.27. The molecule has 0 aromatic heterocycles. The van der Waals surface area contributed by atoms with Crippen molar-refractivity contribution in [3.05, 3.63) is 107 Å². The highest BCUT2D eigenvalue weighted by atomic mass is 35.6. The number of hydrogen-bond acceptors (Lipinski definition) is 5. The number of ether oxygens (including phenoxy) is 2. The first kappa shape index (κ1) is 33.2. The zero-order valence-electron chi connectivity index (χ0n) is 24.9. The second-order valence-electron chi connectivity index (χ2n) is 11.4. The molecule has 1 heterocycles. The quantitative estimate of drug-likeness (QED) is 0.191. The maximum Gasteiger partial charge on any atom is 0.272 e. The molecule has 45 heavy (non-hydrogen) atoms. The molecule has 0 saturated carbocycles. The van der Waals surface area contributed by atoms with E-state index < -0.39 is 15.2 Å². The zero-order valence-corrected chi connectivity index (χ0v) is 27.2. The molecule has 0 bridgehead atoms. The van der Waals surface area contributed by atoms with Crippen LogP contribution in [-0.4, -0.2) is 72.0 Å². The molecule has 1 saturated heterocycles. The number of morpholine rings is 1. The molecule has 2 aliphatic rings. The second-order valence-corrected chi connectivity index (χ2v) is 13.7. The van der Waals surface area contributed by atoms with Crippen LogP contribution in [0, 0.1) is 12.7 Å². The smallest absolute Gasteiger partial charge is 0.272 e. The third-order valence-electron chi connectivity index (χ3n) is 7.93. The number of nitrogens with one attached hydrogen (secondary N) is 1. The lowest BCUT2D eigenvalue weighted by atomic mass is 9.74. The number of benzene rings is 3. The minimum atomic E-state index is -2.13. The van der Waals surface area contributed by atoms with Crippen LogP contribution in [0.2, 0.25) is 0 Å². The fourth-order valence-corrected chi connectivity index (χ4v) is 5.78. The summed E-state index contributed by atoms with van der Waals surface area (Å²) in [5, 5.41) is 2.91. The third-order valence-corrected chi connectivity index (χ3v) is 8.44. The van der Waals surface area contributed by atoms with Crippen molar-refractivity contribution in [2.45, 2.75) is 29.1 Å². The Morgan fingerprint density at radius 3 is 2.47 bits per heavy atom. The van der Waals surface area contributed by atoms with E-state index in [1.54, 1.807) is 17.9 Å². The highest BCUT2D eigenvalue weighted by Crippen LogP contribution is 2.38. The van der Waals surface area contributed by atoms with Gasteiger partial charge in [0.1, 0.15) is 18.2 Å². The maximum atomic E-state index is 14.1. The molecule has 1 unspecified atom stereocenters. The molecule has 238 valence electrons. The molecule has 0 radical (unpaired) electrons. The van der Waals surface area contributed by atoms with Crippen LogP contribution in [0.15, 0.2) is 84.4 Å². The molecule has 11 heteroatoms. The molecule has 2 amide bonds. The van der Waals surface area contributed by atoms with Crippen molar-refractivity contribution in [1.29, 1.82) is 0 Å². The van der Waals surface area contributed by atoms with E-state index in [4.69, 9.17) is 44.3 Å². The summed E-state index contributed by atoms with van der Waals surface area (Å²) in [6.07, 6.45) is 2.82. The van der Waals surface area contributed by atoms with Crippen LogP contribution in [0.4, 0.5) is 10.1 Å². The van der Waals surface area contributed by atoms with E-state index in [2.05, 4.69) is 10.2 Å². The van der Waals surface area contributed by atoms with Gasteiger partial charge in [-0.1, -0.05) is 77.3 Å². The summed E-state index contributed by atoms with van der Waals surface area (Å²) < 4.78 is 23.5. The summed E-state index contributed by atoms with van der Waals surface area (Å²) in [5.74, 6) is -0.776. The molecule has 1 aliphatic heterocycles. The topological polar surface area (TPSA) is 71.1 Å². The lowest BCUT2D eigenvalue weighted by Crippen LogP contribution is -2.57. The number of aryl methyl sites for hydroxylation is 1. The molecule has 0 spiro atoms. The molecule has 5 rings (SSSR count). The number of anilines is 1. The van der Waals surface area contributed by atoms with Crippen molar-refractivity contribution >= 4 is 52.3 Å². The summed E-state index contributed by atoms with van der Waals surface area (Å²) >= 11 is 17.7. The fraction of sp³-hybridized carbons (Fsp3) is 0.353. The molecule has 1 N–H and O–H groups in total. The van der Waals surface area contributed by atoms with Gasteiger partial charge in [0.15, 0.2) is 0 Å². The van der Waals surface area contributed by atoms with Crippen LogP contribution in [0.5, 0.6) is 5.75 Å². The van der Waals surface area contributed by atoms with E-state index in [1.165, 1.54) is 12.1 Å². The third kappa shape index (κ3) is 8.77. The number of alkyl halides is 3. The van der Waals surface area contributed by atoms with Gasteiger partial charge in [-0.3, -0.25) is 14.5 Å². The SMILES string of the molecule is Cc1cc(C(=O)N(CC2=CC(Cc3ccccc3)(NC(=O)C(Cl)(Cl)Cl)C2)c2cccc(OCCN3CCOCC3)c2)ccc1F. The number of halogens is 4. The van der Waals surface area contributed by atoms with Gasteiger partial charge in [0.05, 0.1) is 18.8 Å². The number of hydrogen-bond donors (Lipinski definition) is 1. The van der Waals surface area contributed by atoms with Gasteiger partial charge >= 0.3 is 0 Å². The minimum absolute atomic E-state index is 0.229. The molecule has 3 aromatic carbocycles. The number of amides is 2. The lowest BCUT2D eigenvalue weighted by molar-refractivity contribution is -0.121. The van der Waals surface area contributed by atoms with Gasteiger partial charge in [0.2, 0.25) is 0 Å². The maximum absolute atomic E-state index is 14.1. The Kier molecular flexibility index (Phi) is 10.7. The van der Waals surface area contributed by atoms with Crippen LogP contribution >= 0.6 is 34.8 Å². The van der Waals surface area contributed by atoms with E-state index in [1.807, 2.05) is 60.7 Å². The lowest BCUT2D eigenvalue weighted by Gasteiger charge is -2.43. The Morgan fingerprint density at radius 1 is 1.04 bits per heavy atom. The van der Waals surface area contributed by atoms with Gasteiger partial charge in [-0.25, -0.2) is 4.39 Å². The average Bonchev–Trinajstić information content (AvgIpc) is 3.00. The van der Waals surface area contributed by atoms with Crippen molar-refractivity contribution in [3.63, 3.8) is 0 Å². The standard InChI is InChI=1S/C34H35Cl3FN3O4/c1-24-18-27(10-11-30(24)38)31(42)41(28-8-5-9-29(19-28)45-17-14-40-12-15-44-16-13-40)23-26-21-33(22-26,39-32(43)34(35,36)37)20-25-6-3-2-4-7-25/h2-11,18-19,21H,12-17,20,22-23H2,1H3,(H,39,43). The van der Waals surface area contributed by atoms with Crippen molar-refractivity contribution < 1.29 is 23.5 Å². The first-order chi connectivity index (χ1) is 21.5. The van der Waals surface area contributed by atoms with Gasteiger partial charge in [-0.15, -0.1) is 0 Å². The molecule has 7 nitrogen and oxygen atoms in total. The Labute approximate surface area is 277 Å². The molecular weight excluding hydrogens is 640 g/mol. The van der Waals surface area contributed by atoms with E-state index in [0.29, 0.717) is 55.2 Å². The van der Waals surface area contributed by atoms with E-state index in [-0.39, 0.29) is 18.3 Å². The average molecular weight is 675 g/mol. The van der Waals surface area contributed by atoms with Gasteiger partial charge in [-0.05, 0) is 66.8 Å². The number of nitrogens with zero attached hydrogens (tertiary/aromatic N) is 2. The largest absolute Gasteiger partial charge is 0.492 e. The van der Waals surface area contributed by atoms with Crippen LogP contribution in [0.25, 0.3) is 0 Å². The Balaban J connectivity index is 1.40. The zero-order chi connectivity index (χ0) is 32.0. The van der Waals surface area contributed by atoms with Crippen molar-refractivity contribution in [2.24, 2.45) is 0 Å². The Bertz CT molecular complexity index is 1540. The monoisotopic (exact) mass is 673 g/mol. The summed E-state index contributed by atoms with van der Waals surface area (Å²) in [7, 11) is 0. The van der Waals surface area contributed by atoms with Gasteiger partial charge < -0.3 is 19.7 Å². The van der Waals surface area contributed by atoms with Crippen LogP contribution in [0.1, 0.15) is 27.9 Å². The normalized spacial score (nSPS) is 18.5. The van der Waals surface area contributed by atoms with E-state index >= 15 is 0 Å². The summed E-state index contributed by atoms with van der Waals surface area (Å²) in [5.41, 5.74) is 2.45. The summed E-state index contributed by atoms with van der Waals surface area (Å²) in [6, 6.07) is 21.4. The fourth-order valence-electron chi connectivity index (χ4n) is 5.64. The van der Waals surface area contributed by atoms with E-state index in [9.17, 15) is 14.0 Å². The van der Waals surface area contributed by atoms with Crippen LogP contribution < -0.4 is 15.0 Å². The second kappa shape index (κ2) is 14.5. The van der Waals surface area contributed by atoms with Crippen molar-refractivity contribution in [3.8, 4) is 5.75 Å². The van der Waals surface area contributed by atoms with Crippen molar-refractivity contribution in [2.75, 3.05) is 50.9 Å². The first-order valence-electron chi connectivity index (χ1n) is 14.8. The predicted molar refractivity (Wildman–Crippen MR) is 176 cm³/mol. The number of carbonyl (C=O) groups is 2.